The monoisotopic (exact) mass is 362 g/mol. The molecule has 0 amide bonds. The lowest BCUT2D eigenvalue weighted by Gasteiger charge is -2.62. The number of aliphatic hydroxyl groups is 2. The van der Waals surface area contributed by atoms with E-state index in [0.29, 0.717) is 23.2 Å². The fourth-order valence-corrected chi connectivity index (χ4v) is 8.82. The summed E-state index contributed by atoms with van der Waals surface area (Å²) in [5.74, 6) is 4.37. The summed E-state index contributed by atoms with van der Waals surface area (Å²) in [5.41, 5.74) is 0.505. The third-order valence-corrected chi connectivity index (χ3v) is 10.2. The molecule has 0 heterocycles. The van der Waals surface area contributed by atoms with Crippen LogP contribution in [0.5, 0.6) is 0 Å². The summed E-state index contributed by atoms with van der Waals surface area (Å²) in [6.07, 6.45) is 11.9. The Kier molecular flexibility index (Phi) is 5.01. The molecule has 2 N–H and O–H groups in total. The topological polar surface area (TPSA) is 40.5 Å². The van der Waals surface area contributed by atoms with Crippen LogP contribution in [0, 0.1) is 46.3 Å². The van der Waals surface area contributed by atoms with Gasteiger partial charge in [-0.3, -0.25) is 0 Å². The fraction of sp³-hybridized carbons (Fsp3) is 1.00. The minimum Gasteiger partial charge on any atom is -0.393 e. The van der Waals surface area contributed by atoms with Crippen LogP contribution in [0.2, 0.25) is 0 Å². The number of hydrogen-bond donors (Lipinski definition) is 2. The van der Waals surface area contributed by atoms with Crippen molar-refractivity contribution in [2.75, 3.05) is 0 Å². The summed E-state index contributed by atoms with van der Waals surface area (Å²) in [5, 5.41) is 21.7. The average molecular weight is 363 g/mol. The van der Waals surface area contributed by atoms with Crippen molar-refractivity contribution in [3.8, 4) is 0 Å². The molecule has 4 rings (SSSR count). The van der Waals surface area contributed by atoms with Crippen molar-refractivity contribution in [1.29, 1.82) is 0 Å². The van der Waals surface area contributed by atoms with Gasteiger partial charge < -0.3 is 10.2 Å². The van der Waals surface area contributed by atoms with Gasteiger partial charge in [0.05, 0.1) is 12.2 Å². The lowest BCUT2D eigenvalue weighted by Crippen LogP contribution is -2.58. The molecule has 4 saturated carbocycles. The maximum absolute atomic E-state index is 11.5. The third kappa shape index (κ3) is 2.65. The van der Waals surface area contributed by atoms with Crippen LogP contribution >= 0.6 is 0 Å². The first-order valence-electron chi connectivity index (χ1n) is 11.7. The van der Waals surface area contributed by atoms with Crippen LogP contribution in [0.4, 0.5) is 0 Å². The van der Waals surface area contributed by atoms with Gasteiger partial charge in [0.25, 0.3) is 0 Å². The molecule has 4 fully saturated rings. The fourth-order valence-electron chi connectivity index (χ4n) is 8.82. The quantitative estimate of drug-likeness (QED) is 0.704. The minimum atomic E-state index is -0.122. The molecule has 0 bridgehead atoms. The Morgan fingerprint density at radius 3 is 2.46 bits per heavy atom. The largest absolute Gasteiger partial charge is 0.393 e. The summed E-state index contributed by atoms with van der Waals surface area (Å²) in [6, 6.07) is 0. The predicted octanol–water partition coefficient (Wildman–Crippen LogP) is 5.41. The molecule has 26 heavy (non-hydrogen) atoms. The predicted molar refractivity (Wildman–Crippen MR) is 107 cm³/mol. The Bertz CT molecular complexity index is 518. The molecule has 2 nitrogen and oxygen atoms in total. The first-order chi connectivity index (χ1) is 12.3. The second-order valence-electron chi connectivity index (χ2n) is 11.2. The smallest absolute Gasteiger partial charge is 0.0602 e. The van der Waals surface area contributed by atoms with Crippen LogP contribution < -0.4 is 0 Å². The maximum atomic E-state index is 11.5. The average Bonchev–Trinajstić information content (AvgIpc) is 2.96. The van der Waals surface area contributed by atoms with Crippen molar-refractivity contribution in [1.82, 2.24) is 0 Å². The van der Waals surface area contributed by atoms with Crippen LogP contribution in [0.15, 0.2) is 0 Å². The van der Waals surface area contributed by atoms with Crippen molar-refractivity contribution in [2.45, 2.75) is 104 Å². The lowest BCUT2D eigenvalue weighted by molar-refractivity contribution is -0.174. The second-order valence-corrected chi connectivity index (χ2v) is 11.2. The highest BCUT2D eigenvalue weighted by Crippen LogP contribution is 2.68. The van der Waals surface area contributed by atoms with Gasteiger partial charge in [0.2, 0.25) is 0 Å². The lowest BCUT2D eigenvalue weighted by atomic mass is 9.43. The highest BCUT2D eigenvalue weighted by Gasteiger charge is 2.63. The maximum Gasteiger partial charge on any atom is 0.0602 e. The van der Waals surface area contributed by atoms with Gasteiger partial charge in [-0.1, -0.05) is 40.5 Å². The standard InChI is InChI=1S/C24H42O2/c1-5-6-15(2)19-9-10-20-18-8-7-16-13-17(25)11-12-23(16,3)21(18)14-22(26)24(19,20)4/h15-22,25-26H,5-14H2,1-4H3/t15-,16-,17-,18?,19?,20?,21?,22-,23+,24-/m1/s1. The van der Waals surface area contributed by atoms with Crippen LogP contribution in [-0.2, 0) is 0 Å². The highest BCUT2D eigenvalue weighted by atomic mass is 16.3. The molecule has 0 aromatic carbocycles. The summed E-state index contributed by atoms with van der Waals surface area (Å²) in [6.45, 7) is 9.73. The molecule has 4 unspecified atom stereocenters. The van der Waals surface area contributed by atoms with Crippen molar-refractivity contribution in [3.05, 3.63) is 0 Å². The van der Waals surface area contributed by atoms with Crippen molar-refractivity contribution < 1.29 is 10.2 Å². The summed E-state index contributed by atoms with van der Waals surface area (Å²) >= 11 is 0. The van der Waals surface area contributed by atoms with E-state index in [-0.39, 0.29) is 17.6 Å². The molecular formula is C24H42O2. The van der Waals surface area contributed by atoms with Crippen molar-refractivity contribution >= 4 is 0 Å². The normalized spacial score (nSPS) is 54.9. The van der Waals surface area contributed by atoms with Gasteiger partial charge in [-0.15, -0.1) is 0 Å². The molecule has 4 aliphatic carbocycles. The van der Waals surface area contributed by atoms with Gasteiger partial charge in [0.15, 0.2) is 0 Å². The first-order valence-corrected chi connectivity index (χ1v) is 11.7. The Labute approximate surface area is 161 Å². The zero-order valence-corrected chi connectivity index (χ0v) is 17.6. The molecule has 150 valence electrons. The molecular weight excluding hydrogens is 320 g/mol. The SMILES string of the molecule is CCC[C@@H](C)C1CCC2C3CC[C@@H]4C[C@H](O)CC[C@]4(C)C3C[C@@H](O)[C@@]21C. The Balaban J connectivity index is 1.61. The molecule has 0 aromatic rings. The second kappa shape index (κ2) is 6.76. The molecule has 0 aliphatic heterocycles. The van der Waals surface area contributed by atoms with Crippen LogP contribution in [0.25, 0.3) is 0 Å². The molecule has 2 heteroatoms. The molecule has 10 atom stereocenters. The van der Waals surface area contributed by atoms with E-state index >= 15 is 0 Å². The van der Waals surface area contributed by atoms with E-state index in [1.54, 1.807) is 0 Å². The Morgan fingerprint density at radius 2 is 1.73 bits per heavy atom. The van der Waals surface area contributed by atoms with Gasteiger partial charge in [-0.2, -0.15) is 0 Å². The summed E-state index contributed by atoms with van der Waals surface area (Å²) < 4.78 is 0. The zero-order chi connectivity index (χ0) is 18.7. The number of hydrogen-bond acceptors (Lipinski definition) is 2. The minimum absolute atomic E-state index is 0.0749. The van der Waals surface area contributed by atoms with Gasteiger partial charge in [-0.25, -0.2) is 0 Å². The van der Waals surface area contributed by atoms with Gasteiger partial charge in [-0.05, 0) is 97.7 Å². The number of rotatable bonds is 3. The molecule has 0 spiro atoms. The van der Waals surface area contributed by atoms with E-state index in [9.17, 15) is 10.2 Å². The summed E-state index contributed by atoms with van der Waals surface area (Å²) in [4.78, 5) is 0. The Hall–Kier alpha value is -0.0800. The number of fused-ring (bicyclic) bond motifs is 5. The van der Waals surface area contributed by atoms with E-state index in [1.807, 2.05) is 0 Å². The van der Waals surface area contributed by atoms with E-state index < -0.39 is 0 Å². The molecule has 4 aliphatic rings. The highest BCUT2D eigenvalue weighted by molar-refractivity contribution is 5.12. The molecule has 0 aromatic heterocycles. The van der Waals surface area contributed by atoms with Crippen molar-refractivity contribution in [2.24, 2.45) is 46.3 Å². The molecule has 0 radical (unpaired) electrons. The van der Waals surface area contributed by atoms with Crippen molar-refractivity contribution in [3.63, 3.8) is 0 Å². The molecule has 0 saturated heterocycles. The van der Waals surface area contributed by atoms with Crippen LogP contribution in [0.1, 0.15) is 91.9 Å². The van der Waals surface area contributed by atoms with E-state index in [1.165, 1.54) is 44.9 Å². The van der Waals surface area contributed by atoms with Gasteiger partial charge >= 0.3 is 0 Å². The van der Waals surface area contributed by atoms with Crippen LogP contribution in [-0.4, -0.2) is 22.4 Å². The van der Waals surface area contributed by atoms with E-state index in [2.05, 4.69) is 27.7 Å². The Morgan fingerprint density at radius 1 is 0.962 bits per heavy atom. The van der Waals surface area contributed by atoms with E-state index in [0.717, 1.165) is 37.0 Å². The van der Waals surface area contributed by atoms with Gasteiger partial charge in [0.1, 0.15) is 0 Å². The zero-order valence-electron chi connectivity index (χ0n) is 17.6. The summed E-state index contributed by atoms with van der Waals surface area (Å²) in [7, 11) is 0. The first kappa shape index (κ1) is 19.2. The van der Waals surface area contributed by atoms with Gasteiger partial charge in [0, 0.05) is 0 Å². The third-order valence-electron chi connectivity index (χ3n) is 10.2. The van der Waals surface area contributed by atoms with E-state index in [4.69, 9.17) is 0 Å². The number of aliphatic hydroxyl groups excluding tert-OH is 2. The van der Waals surface area contributed by atoms with Crippen LogP contribution in [0.3, 0.4) is 0 Å².